The third-order valence-corrected chi connectivity index (χ3v) is 4.01. The van der Waals surface area contributed by atoms with Crippen molar-refractivity contribution in [1.82, 2.24) is 0 Å². The van der Waals surface area contributed by atoms with E-state index in [9.17, 15) is 0 Å². The van der Waals surface area contributed by atoms with Gasteiger partial charge in [0.25, 0.3) is 0 Å². The topological polar surface area (TPSA) is 0 Å². The molecule has 0 fully saturated rings. The molecule has 0 heteroatoms. The number of rotatable bonds is 3. The molecule has 0 saturated heterocycles. The first-order chi connectivity index (χ1) is 10.2. The molecule has 0 unspecified atom stereocenters. The van der Waals surface area contributed by atoms with Crippen LogP contribution in [0.1, 0.15) is 22.3 Å². The Labute approximate surface area is 127 Å². The molecule has 0 spiro atoms. The van der Waals surface area contributed by atoms with E-state index in [0.29, 0.717) is 0 Å². The smallest absolute Gasteiger partial charge is 0.00255 e. The lowest BCUT2D eigenvalue weighted by molar-refractivity contribution is 1.19. The molecule has 0 aliphatic carbocycles. The first-order valence-electron chi connectivity index (χ1n) is 7.35. The van der Waals surface area contributed by atoms with E-state index in [0.717, 1.165) is 6.42 Å². The molecule has 1 radical (unpaired) electrons. The Kier molecular flexibility index (Phi) is 3.87. The van der Waals surface area contributed by atoms with Gasteiger partial charge in [-0.3, -0.25) is 0 Å². The molecule has 0 aromatic heterocycles. The lowest BCUT2D eigenvalue weighted by atomic mass is 9.94. The van der Waals surface area contributed by atoms with E-state index in [4.69, 9.17) is 0 Å². The molecule has 0 heterocycles. The van der Waals surface area contributed by atoms with Crippen LogP contribution < -0.4 is 0 Å². The molecule has 0 amide bonds. The second-order valence-corrected chi connectivity index (χ2v) is 5.52. The molecule has 21 heavy (non-hydrogen) atoms. The van der Waals surface area contributed by atoms with Gasteiger partial charge in [0.15, 0.2) is 0 Å². The fourth-order valence-corrected chi connectivity index (χ4v) is 2.65. The van der Waals surface area contributed by atoms with Crippen LogP contribution >= 0.6 is 0 Å². The van der Waals surface area contributed by atoms with Crippen molar-refractivity contribution in [3.63, 3.8) is 0 Å². The van der Waals surface area contributed by atoms with Crippen LogP contribution in [0, 0.1) is 19.9 Å². The molecular formula is C21H19. The van der Waals surface area contributed by atoms with Gasteiger partial charge in [-0.2, -0.15) is 0 Å². The average molecular weight is 271 g/mol. The minimum Gasteiger partial charge on any atom is -0.0622 e. The van der Waals surface area contributed by atoms with Gasteiger partial charge in [0.1, 0.15) is 0 Å². The predicted molar refractivity (Wildman–Crippen MR) is 89.4 cm³/mol. The van der Waals surface area contributed by atoms with Gasteiger partial charge in [-0.05, 0) is 59.7 Å². The zero-order valence-electron chi connectivity index (χ0n) is 12.6. The maximum atomic E-state index is 3.38. The SMILES string of the molecule is Cc1cccc(-c2[c]ccc(Cc3ccccc3)c2)c1C. The second kappa shape index (κ2) is 5.97. The fourth-order valence-electron chi connectivity index (χ4n) is 2.65. The van der Waals surface area contributed by atoms with E-state index in [-0.39, 0.29) is 0 Å². The quantitative estimate of drug-likeness (QED) is 0.601. The molecule has 0 aliphatic rings. The molecule has 0 atom stereocenters. The van der Waals surface area contributed by atoms with Gasteiger partial charge >= 0.3 is 0 Å². The summed E-state index contributed by atoms with van der Waals surface area (Å²) in [5.74, 6) is 0. The van der Waals surface area contributed by atoms with Gasteiger partial charge in [0, 0.05) is 0 Å². The summed E-state index contributed by atoms with van der Waals surface area (Å²) in [6.45, 7) is 4.34. The Morgan fingerprint density at radius 2 is 1.62 bits per heavy atom. The molecule has 0 bridgehead atoms. The highest BCUT2D eigenvalue weighted by Gasteiger charge is 2.05. The number of hydrogen-bond acceptors (Lipinski definition) is 0. The fraction of sp³-hybridized carbons (Fsp3) is 0.143. The van der Waals surface area contributed by atoms with Gasteiger partial charge in [-0.15, -0.1) is 0 Å². The highest BCUT2D eigenvalue weighted by Crippen LogP contribution is 2.26. The van der Waals surface area contributed by atoms with E-state index < -0.39 is 0 Å². The van der Waals surface area contributed by atoms with E-state index in [1.165, 1.54) is 33.4 Å². The van der Waals surface area contributed by atoms with Crippen LogP contribution in [0.5, 0.6) is 0 Å². The molecule has 0 saturated carbocycles. The van der Waals surface area contributed by atoms with E-state index >= 15 is 0 Å². The van der Waals surface area contributed by atoms with Gasteiger partial charge in [0.2, 0.25) is 0 Å². The molecule has 103 valence electrons. The summed E-state index contributed by atoms with van der Waals surface area (Å²) in [6, 6.07) is 26.9. The highest BCUT2D eigenvalue weighted by atomic mass is 14.1. The zero-order valence-corrected chi connectivity index (χ0v) is 12.6. The van der Waals surface area contributed by atoms with E-state index in [1.807, 2.05) is 6.07 Å². The van der Waals surface area contributed by atoms with Crippen LogP contribution in [0.4, 0.5) is 0 Å². The maximum absolute atomic E-state index is 3.38. The summed E-state index contributed by atoms with van der Waals surface area (Å²) in [6.07, 6.45) is 0.966. The van der Waals surface area contributed by atoms with Gasteiger partial charge < -0.3 is 0 Å². The summed E-state index contributed by atoms with van der Waals surface area (Å²) in [4.78, 5) is 0. The first kappa shape index (κ1) is 13.6. The highest BCUT2D eigenvalue weighted by molar-refractivity contribution is 5.68. The Morgan fingerprint density at radius 1 is 0.810 bits per heavy atom. The predicted octanol–water partition coefficient (Wildman–Crippen LogP) is 5.36. The van der Waals surface area contributed by atoms with Gasteiger partial charge in [0.05, 0.1) is 0 Å². The Balaban J connectivity index is 1.95. The maximum Gasteiger partial charge on any atom is -0.00255 e. The monoisotopic (exact) mass is 271 g/mol. The molecule has 0 N–H and O–H groups in total. The first-order valence-corrected chi connectivity index (χ1v) is 7.35. The normalized spacial score (nSPS) is 10.6. The number of benzene rings is 3. The Hall–Kier alpha value is -2.34. The van der Waals surface area contributed by atoms with Crippen LogP contribution in [0.15, 0.2) is 66.7 Å². The molecule has 0 nitrogen and oxygen atoms in total. The van der Waals surface area contributed by atoms with Crippen molar-refractivity contribution >= 4 is 0 Å². The van der Waals surface area contributed by atoms with Gasteiger partial charge in [-0.25, -0.2) is 0 Å². The minimum atomic E-state index is 0.966. The van der Waals surface area contributed by atoms with Crippen LogP contribution in [-0.2, 0) is 6.42 Å². The van der Waals surface area contributed by atoms with Crippen LogP contribution in [-0.4, -0.2) is 0 Å². The van der Waals surface area contributed by atoms with E-state index in [1.54, 1.807) is 0 Å². The third kappa shape index (κ3) is 3.05. The van der Waals surface area contributed by atoms with Crippen LogP contribution in [0.25, 0.3) is 11.1 Å². The number of hydrogen-bond donors (Lipinski definition) is 0. The Morgan fingerprint density at radius 3 is 2.43 bits per heavy atom. The summed E-state index contributed by atoms with van der Waals surface area (Å²) in [5, 5.41) is 0. The molecular weight excluding hydrogens is 252 g/mol. The van der Waals surface area contributed by atoms with Crippen molar-refractivity contribution in [2.45, 2.75) is 20.3 Å². The third-order valence-electron chi connectivity index (χ3n) is 4.01. The summed E-state index contributed by atoms with van der Waals surface area (Å²) in [5.41, 5.74) is 7.81. The summed E-state index contributed by atoms with van der Waals surface area (Å²) < 4.78 is 0. The Bertz CT molecular complexity index is 739. The second-order valence-electron chi connectivity index (χ2n) is 5.52. The van der Waals surface area contributed by atoms with Crippen LogP contribution in [0.2, 0.25) is 0 Å². The van der Waals surface area contributed by atoms with Crippen LogP contribution in [0.3, 0.4) is 0 Å². The van der Waals surface area contributed by atoms with Crippen molar-refractivity contribution in [2.75, 3.05) is 0 Å². The van der Waals surface area contributed by atoms with Gasteiger partial charge in [-0.1, -0.05) is 66.7 Å². The van der Waals surface area contributed by atoms with Crippen molar-refractivity contribution in [3.05, 3.63) is 95.1 Å². The zero-order chi connectivity index (χ0) is 14.7. The standard InChI is InChI=1S/C21H19/c1-16-8-6-13-21(17(16)2)20-12-7-11-19(15-20)14-18-9-4-3-5-10-18/h3-11,13,15H,14H2,1-2H3. The minimum absolute atomic E-state index is 0.966. The summed E-state index contributed by atoms with van der Waals surface area (Å²) >= 11 is 0. The van der Waals surface area contributed by atoms with Crippen molar-refractivity contribution in [3.8, 4) is 11.1 Å². The summed E-state index contributed by atoms with van der Waals surface area (Å²) in [7, 11) is 0. The average Bonchev–Trinajstić information content (AvgIpc) is 2.51. The molecule has 3 rings (SSSR count). The number of aryl methyl sites for hydroxylation is 1. The largest absolute Gasteiger partial charge is 0.0622 e. The lowest BCUT2D eigenvalue weighted by Crippen LogP contribution is -1.91. The van der Waals surface area contributed by atoms with E-state index in [2.05, 4.69) is 80.6 Å². The van der Waals surface area contributed by atoms with Crippen molar-refractivity contribution in [1.29, 1.82) is 0 Å². The molecule has 0 aliphatic heterocycles. The lowest BCUT2D eigenvalue weighted by Gasteiger charge is -2.10. The van der Waals surface area contributed by atoms with Crippen molar-refractivity contribution < 1.29 is 0 Å². The molecule has 3 aromatic carbocycles. The molecule has 3 aromatic rings. The van der Waals surface area contributed by atoms with Crippen molar-refractivity contribution in [2.24, 2.45) is 0 Å².